The van der Waals surface area contributed by atoms with Crippen molar-refractivity contribution in [2.24, 2.45) is 0 Å². The minimum atomic E-state index is 1.32. The van der Waals surface area contributed by atoms with E-state index in [1.807, 2.05) is 19.1 Å². The second kappa shape index (κ2) is 4.37. The second-order valence-corrected chi connectivity index (χ2v) is 2.98. The third-order valence-electron chi connectivity index (χ3n) is 0.518. The molecule has 0 aromatic heterocycles. The summed E-state index contributed by atoms with van der Waals surface area (Å²) in [5.74, 6) is 0. The van der Waals surface area contributed by atoms with Gasteiger partial charge in [0.15, 0.2) is 0 Å². The van der Waals surface area contributed by atoms with Crippen LogP contribution in [-0.4, -0.2) is 0 Å². The lowest BCUT2D eigenvalue weighted by molar-refractivity contribution is 1.67. The molecule has 0 amide bonds. The van der Waals surface area contributed by atoms with Crippen LogP contribution < -0.4 is 0 Å². The summed E-state index contributed by atoms with van der Waals surface area (Å²) in [6.07, 6.45) is 6.12. The first kappa shape index (κ1) is 7.21. The number of hydrogen-bond acceptors (Lipinski definition) is 0. The second-order valence-electron chi connectivity index (χ2n) is 1.28. The summed E-state index contributed by atoms with van der Waals surface area (Å²) in [5.41, 5.74) is 0. The van der Waals surface area contributed by atoms with Gasteiger partial charge in [-0.1, -0.05) is 18.2 Å². The van der Waals surface area contributed by atoms with Gasteiger partial charge in [-0.2, -0.15) is 0 Å². The molecule has 0 fully saturated rings. The SMILES string of the molecule is CC=CC=C(C)I. The summed E-state index contributed by atoms with van der Waals surface area (Å²) in [5, 5.41) is 0. The van der Waals surface area contributed by atoms with E-state index >= 15 is 0 Å². The van der Waals surface area contributed by atoms with Gasteiger partial charge in [-0.05, 0) is 40.0 Å². The Hall–Kier alpha value is 0.210. The molecule has 0 unspecified atom stereocenters. The van der Waals surface area contributed by atoms with Gasteiger partial charge in [-0.3, -0.25) is 0 Å². The van der Waals surface area contributed by atoms with Crippen LogP contribution in [0, 0.1) is 0 Å². The van der Waals surface area contributed by atoms with E-state index in [2.05, 4.69) is 35.6 Å². The van der Waals surface area contributed by atoms with Crippen LogP contribution in [0.25, 0.3) is 0 Å². The fourth-order valence-corrected chi connectivity index (χ4v) is 0.436. The number of hydrogen-bond donors (Lipinski definition) is 0. The Morgan fingerprint density at radius 1 is 1.57 bits per heavy atom. The molecule has 0 saturated heterocycles. The van der Waals surface area contributed by atoms with Gasteiger partial charge in [0.1, 0.15) is 0 Å². The number of halogens is 1. The average molecular weight is 208 g/mol. The molecule has 0 atom stereocenters. The Morgan fingerprint density at radius 3 is 2.29 bits per heavy atom. The van der Waals surface area contributed by atoms with Crippen molar-refractivity contribution in [3.63, 3.8) is 0 Å². The van der Waals surface area contributed by atoms with Crippen molar-refractivity contribution >= 4 is 22.6 Å². The molecule has 40 valence electrons. The highest BCUT2D eigenvalue weighted by atomic mass is 127. The summed E-state index contributed by atoms with van der Waals surface area (Å²) >= 11 is 2.28. The highest BCUT2D eigenvalue weighted by Crippen LogP contribution is 2.01. The standard InChI is InChI=1S/C6H9I/c1-3-4-5-6(2)7/h3-5H,1-2H3. The maximum Gasteiger partial charge on any atom is -0.0125 e. The summed E-state index contributed by atoms with van der Waals surface area (Å²) < 4.78 is 1.32. The minimum Gasteiger partial charge on any atom is -0.0876 e. The average Bonchev–Trinajstić information content (AvgIpc) is 1.61. The van der Waals surface area contributed by atoms with E-state index in [-0.39, 0.29) is 0 Å². The van der Waals surface area contributed by atoms with Crippen LogP contribution in [0.2, 0.25) is 0 Å². The molecule has 0 aromatic carbocycles. The Kier molecular flexibility index (Phi) is 4.50. The van der Waals surface area contributed by atoms with E-state index in [0.29, 0.717) is 0 Å². The zero-order valence-corrected chi connectivity index (χ0v) is 6.77. The first-order valence-electron chi connectivity index (χ1n) is 2.22. The molecule has 0 aliphatic carbocycles. The first-order valence-corrected chi connectivity index (χ1v) is 3.30. The molecule has 0 saturated carbocycles. The van der Waals surface area contributed by atoms with Crippen LogP contribution in [0.5, 0.6) is 0 Å². The molecule has 0 heterocycles. The molecule has 0 N–H and O–H groups in total. The maximum atomic E-state index is 2.28. The lowest BCUT2D eigenvalue weighted by Gasteiger charge is -1.75. The summed E-state index contributed by atoms with van der Waals surface area (Å²) in [6.45, 7) is 4.08. The van der Waals surface area contributed by atoms with Crippen molar-refractivity contribution in [3.8, 4) is 0 Å². The molecule has 0 aliphatic heterocycles. The van der Waals surface area contributed by atoms with E-state index in [4.69, 9.17) is 0 Å². The zero-order valence-electron chi connectivity index (χ0n) is 4.61. The van der Waals surface area contributed by atoms with Crippen LogP contribution >= 0.6 is 22.6 Å². The van der Waals surface area contributed by atoms with Crippen molar-refractivity contribution in [2.75, 3.05) is 0 Å². The zero-order chi connectivity index (χ0) is 5.70. The molecular formula is C6H9I. The highest BCUT2D eigenvalue weighted by Gasteiger charge is 1.68. The van der Waals surface area contributed by atoms with Crippen molar-refractivity contribution in [1.29, 1.82) is 0 Å². The summed E-state index contributed by atoms with van der Waals surface area (Å²) in [7, 11) is 0. The van der Waals surface area contributed by atoms with Crippen LogP contribution in [0.3, 0.4) is 0 Å². The van der Waals surface area contributed by atoms with Gasteiger partial charge in [-0.25, -0.2) is 0 Å². The van der Waals surface area contributed by atoms with Crippen LogP contribution in [-0.2, 0) is 0 Å². The molecule has 0 aromatic rings. The predicted octanol–water partition coefficient (Wildman–Crippen LogP) is 2.90. The normalized spacial score (nSPS) is 13.3. The monoisotopic (exact) mass is 208 g/mol. The molecule has 0 spiro atoms. The fourth-order valence-electron chi connectivity index (χ4n) is 0.229. The van der Waals surface area contributed by atoms with E-state index in [9.17, 15) is 0 Å². The van der Waals surface area contributed by atoms with Gasteiger partial charge in [-0.15, -0.1) is 0 Å². The quantitative estimate of drug-likeness (QED) is 0.459. The minimum absolute atomic E-state index is 1.32. The molecule has 0 radical (unpaired) electrons. The van der Waals surface area contributed by atoms with Crippen molar-refractivity contribution < 1.29 is 0 Å². The third kappa shape index (κ3) is 6.21. The lowest BCUT2D eigenvalue weighted by Crippen LogP contribution is -1.50. The third-order valence-corrected chi connectivity index (χ3v) is 0.878. The summed E-state index contributed by atoms with van der Waals surface area (Å²) in [6, 6.07) is 0. The number of rotatable bonds is 1. The van der Waals surface area contributed by atoms with E-state index in [1.54, 1.807) is 0 Å². The molecule has 0 nitrogen and oxygen atoms in total. The Bertz CT molecular complexity index is 86.4. The molecule has 0 aliphatic rings. The van der Waals surface area contributed by atoms with Crippen LogP contribution in [0.4, 0.5) is 0 Å². The van der Waals surface area contributed by atoms with Crippen molar-refractivity contribution in [3.05, 3.63) is 21.8 Å². The maximum absolute atomic E-state index is 2.28. The van der Waals surface area contributed by atoms with Gasteiger partial charge in [0.25, 0.3) is 0 Å². The Balaban J connectivity index is 3.46. The van der Waals surface area contributed by atoms with Gasteiger partial charge < -0.3 is 0 Å². The smallest absolute Gasteiger partial charge is 0.0125 e. The van der Waals surface area contributed by atoms with Crippen LogP contribution in [0.15, 0.2) is 21.8 Å². The molecule has 1 heteroatoms. The molecular weight excluding hydrogens is 199 g/mol. The Labute approximate surface area is 58.4 Å². The van der Waals surface area contributed by atoms with Crippen molar-refractivity contribution in [2.45, 2.75) is 13.8 Å². The lowest BCUT2D eigenvalue weighted by atomic mass is 10.5. The highest BCUT2D eigenvalue weighted by molar-refractivity contribution is 14.1. The molecule has 0 bridgehead atoms. The topological polar surface area (TPSA) is 0 Å². The van der Waals surface area contributed by atoms with E-state index < -0.39 is 0 Å². The van der Waals surface area contributed by atoms with Gasteiger partial charge in [0, 0.05) is 0 Å². The molecule has 0 rings (SSSR count). The first-order chi connectivity index (χ1) is 3.27. The predicted molar refractivity (Wildman–Crippen MR) is 42.6 cm³/mol. The van der Waals surface area contributed by atoms with Gasteiger partial charge in [0.2, 0.25) is 0 Å². The van der Waals surface area contributed by atoms with Gasteiger partial charge in [0.05, 0.1) is 0 Å². The summed E-state index contributed by atoms with van der Waals surface area (Å²) in [4.78, 5) is 0. The van der Waals surface area contributed by atoms with E-state index in [0.717, 1.165) is 0 Å². The van der Waals surface area contributed by atoms with E-state index in [1.165, 1.54) is 3.58 Å². The Morgan fingerprint density at radius 2 is 2.14 bits per heavy atom. The molecule has 7 heavy (non-hydrogen) atoms. The van der Waals surface area contributed by atoms with Gasteiger partial charge >= 0.3 is 0 Å². The fraction of sp³-hybridized carbons (Fsp3) is 0.333. The largest absolute Gasteiger partial charge is 0.0876 e. The van der Waals surface area contributed by atoms with Crippen LogP contribution in [0.1, 0.15) is 13.8 Å². The van der Waals surface area contributed by atoms with Crippen molar-refractivity contribution in [1.82, 2.24) is 0 Å². The number of allylic oxidation sites excluding steroid dienone is 4.